The maximum atomic E-state index is 13.2. The maximum absolute atomic E-state index is 13.2. The molecular weight excluding hydrogens is 416 g/mol. The maximum Gasteiger partial charge on any atom is 0.262 e. The zero-order chi connectivity index (χ0) is 22.9. The Labute approximate surface area is 189 Å². The predicted octanol–water partition coefficient (Wildman–Crippen LogP) is 4.26. The molecule has 5 rings (SSSR count). The molecule has 1 aliphatic rings. The third-order valence-corrected chi connectivity index (χ3v) is 5.72. The number of aromatic amines is 1. The second kappa shape index (κ2) is 8.09. The van der Waals surface area contributed by atoms with E-state index in [0.29, 0.717) is 11.0 Å². The van der Waals surface area contributed by atoms with Crippen LogP contribution in [0.1, 0.15) is 32.1 Å². The number of hydrogen-bond acceptors (Lipinski definition) is 5. The Morgan fingerprint density at radius 3 is 2.18 bits per heavy atom. The number of allylic oxidation sites excluding steroid dienone is 1. The van der Waals surface area contributed by atoms with Gasteiger partial charge in [-0.15, -0.1) is 0 Å². The molecule has 4 aromatic rings. The Balaban J connectivity index is 1.64. The van der Waals surface area contributed by atoms with E-state index in [0.717, 1.165) is 10.5 Å². The Morgan fingerprint density at radius 1 is 0.939 bits per heavy atom. The number of imidazole rings is 1. The number of aliphatic hydroxyl groups excluding tert-OH is 1. The number of benzene rings is 3. The van der Waals surface area contributed by atoms with Crippen molar-refractivity contribution in [2.24, 2.45) is 0 Å². The largest absolute Gasteiger partial charge is 0.509 e. The number of nitrogens with one attached hydrogen (secondary N) is 1. The number of hydrogen-bond donors (Lipinski definition) is 2. The van der Waals surface area contributed by atoms with Crippen LogP contribution in [0.5, 0.6) is 0 Å². The molecule has 1 unspecified atom stereocenters. The molecular formula is C26H18N4O3. The SMILES string of the molecule is N#CC(=C(O)C(Cc1ccccc1)N1C(=O)c2ccccc2C1=O)c1nc2ccccc2[nH]1. The van der Waals surface area contributed by atoms with Gasteiger partial charge in [0.25, 0.3) is 11.8 Å². The summed E-state index contributed by atoms with van der Waals surface area (Å²) in [5.74, 6) is -1.24. The van der Waals surface area contributed by atoms with Crippen LogP contribution >= 0.6 is 0 Å². The minimum Gasteiger partial charge on any atom is -0.509 e. The van der Waals surface area contributed by atoms with E-state index in [2.05, 4.69) is 9.97 Å². The van der Waals surface area contributed by atoms with E-state index in [1.165, 1.54) is 0 Å². The number of aliphatic hydroxyl groups is 1. The molecule has 7 nitrogen and oxygen atoms in total. The van der Waals surface area contributed by atoms with Crippen molar-refractivity contribution in [2.75, 3.05) is 0 Å². The normalized spacial score (nSPS) is 14.7. The fourth-order valence-corrected chi connectivity index (χ4v) is 4.11. The number of imide groups is 1. The summed E-state index contributed by atoms with van der Waals surface area (Å²) < 4.78 is 0. The van der Waals surface area contributed by atoms with E-state index in [-0.39, 0.29) is 28.9 Å². The third kappa shape index (κ3) is 3.44. The zero-order valence-corrected chi connectivity index (χ0v) is 17.4. The van der Waals surface area contributed by atoms with Gasteiger partial charge in [-0.2, -0.15) is 5.26 Å². The van der Waals surface area contributed by atoms with Gasteiger partial charge in [-0.1, -0.05) is 54.6 Å². The lowest BCUT2D eigenvalue weighted by atomic mass is 9.99. The van der Waals surface area contributed by atoms with Crippen LogP contribution in [0.15, 0.2) is 84.6 Å². The molecule has 0 saturated heterocycles. The molecule has 0 saturated carbocycles. The number of aromatic nitrogens is 2. The van der Waals surface area contributed by atoms with Gasteiger partial charge in [0.05, 0.1) is 22.2 Å². The van der Waals surface area contributed by atoms with Crippen LogP contribution < -0.4 is 0 Å². The third-order valence-electron chi connectivity index (χ3n) is 5.72. The summed E-state index contributed by atoms with van der Waals surface area (Å²) >= 11 is 0. The van der Waals surface area contributed by atoms with Gasteiger partial charge in [-0.05, 0) is 29.8 Å². The molecule has 160 valence electrons. The quantitative estimate of drug-likeness (QED) is 0.277. The van der Waals surface area contributed by atoms with Gasteiger partial charge in [0, 0.05) is 6.42 Å². The van der Waals surface area contributed by atoms with Crippen molar-refractivity contribution in [1.29, 1.82) is 5.26 Å². The van der Waals surface area contributed by atoms with Gasteiger partial charge in [0.1, 0.15) is 23.4 Å². The Kier molecular flexibility index (Phi) is 4.96. The van der Waals surface area contributed by atoms with Gasteiger partial charge in [0.2, 0.25) is 0 Å². The number of nitrogens with zero attached hydrogens (tertiary/aromatic N) is 3. The first kappa shape index (κ1) is 20.2. The first-order chi connectivity index (χ1) is 16.1. The molecule has 0 bridgehead atoms. The second-order valence-electron chi connectivity index (χ2n) is 7.71. The zero-order valence-electron chi connectivity index (χ0n) is 17.4. The van der Waals surface area contributed by atoms with E-state index in [4.69, 9.17) is 0 Å². The summed E-state index contributed by atoms with van der Waals surface area (Å²) in [4.78, 5) is 34.9. The molecule has 1 aliphatic heterocycles. The Hall–Kier alpha value is -4.70. The van der Waals surface area contributed by atoms with E-state index in [9.17, 15) is 20.0 Å². The van der Waals surface area contributed by atoms with Crippen LogP contribution in [0.25, 0.3) is 16.6 Å². The van der Waals surface area contributed by atoms with Crippen molar-refractivity contribution in [3.05, 3.63) is 107 Å². The topological polar surface area (TPSA) is 110 Å². The monoisotopic (exact) mass is 434 g/mol. The Morgan fingerprint density at radius 2 is 1.55 bits per heavy atom. The van der Waals surface area contributed by atoms with Crippen LogP contribution in [0.3, 0.4) is 0 Å². The summed E-state index contributed by atoms with van der Waals surface area (Å²) in [6.07, 6.45) is 0.142. The van der Waals surface area contributed by atoms with Gasteiger partial charge in [-0.25, -0.2) is 4.98 Å². The smallest absolute Gasteiger partial charge is 0.262 e. The molecule has 0 aliphatic carbocycles. The number of carbonyl (C=O) groups excluding carboxylic acids is 2. The lowest BCUT2D eigenvalue weighted by Crippen LogP contribution is -2.43. The van der Waals surface area contributed by atoms with Crippen molar-refractivity contribution in [1.82, 2.24) is 14.9 Å². The molecule has 33 heavy (non-hydrogen) atoms. The van der Waals surface area contributed by atoms with Crippen molar-refractivity contribution < 1.29 is 14.7 Å². The molecule has 1 atom stereocenters. The molecule has 0 fully saturated rings. The highest BCUT2D eigenvalue weighted by Crippen LogP contribution is 2.31. The summed E-state index contributed by atoms with van der Waals surface area (Å²) in [6, 6.07) is 23.9. The number of amides is 2. The number of H-pyrrole nitrogens is 1. The number of nitriles is 1. The standard InChI is InChI=1S/C26H18N4O3/c27-15-19(24-28-20-12-6-7-13-21(20)29-24)23(31)22(14-16-8-2-1-3-9-16)30-25(32)17-10-4-5-11-18(17)26(30)33/h1-13,22,31H,14H2,(H,28,29). The van der Waals surface area contributed by atoms with Crippen LogP contribution in [0.2, 0.25) is 0 Å². The highest BCUT2D eigenvalue weighted by Gasteiger charge is 2.42. The Bertz CT molecular complexity index is 1400. The number of para-hydroxylation sites is 2. The van der Waals surface area contributed by atoms with Crippen molar-refractivity contribution in [2.45, 2.75) is 12.5 Å². The van der Waals surface area contributed by atoms with Gasteiger partial charge in [0.15, 0.2) is 5.82 Å². The predicted molar refractivity (Wildman–Crippen MR) is 122 cm³/mol. The average molecular weight is 434 g/mol. The van der Waals surface area contributed by atoms with Crippen LogP contribution in [-0.2, 0) is 6.42 Å². The highest BCUT2D eigenvalue weighted by atomic mass is 16.3. The van der Waals surface area contributed by atoms with Crippen LogP contribution in [0.4, 0.5) is 0 Å². The summed E-state index contributed by atoms with van der Waals surface area (Å²) in [6.45, 7) is 0. The van der Waals surface area contributed by atoms with Crippen LogP contribution in [-0.4, -0.2) is 37.8 Å². The molecule has 3 aromatic carbocycles. The molecule has 1 aromatic heterocycles. The molecule has 0 radical (unpaired) electrons. The second-order valence-corrected chi connectivity index (χ2v) is 7.71. The number of carbonyl (C=O) groups is 2. The minimum absolute atomic E-state index is 0.122. The van der Waals surface area contributed by atoms with Crippen LogP contribution in [0, 0.1) is 11.3 Å². The highest BCUT2D eigenvalue weighted by molar-refractivity contribution is 6.21. The molecule has 0 spiro atoms. The molecule has 2 heterocycles. The van der Waals surface area contributed by atoms with Crippen molar-refractivity contribution in [3.63, 3.8) is 0 Å². The van der Waals surface area contributed by atoms with E-state index < -0.39 is 23.6 Å². The first-order valence-electron chi connectivity index (χ1n) is 10.4. The van der Waals surface area contributed by atoms with Gasteiger partial charge >= 0.3 is 0 Å². The fraction of sp³-hybridized carbons (Fsp3) is 0.0769. The van der Waals surface area contributed by atoms with Gasteiger partial charge < -0.3 is 10.1 Å². The molecule has 2 amide bonds. The summed E-state index contributed by atoms with van der Waals surface area (Å²) in [5.41, 5.74) is 2.56. The van der Waals surface area contributed by atoms with E-state index >= 15 is 0 Å². The van der Waals surface area contributed by atoms with E-state index in [1.807, 2.05) is 54.6 Å². The number of rotatable bonds is 5. The lowest BCUT2D eigenvalue weighted by Gasteiger charge is -2.26. The van der Waals surface area contributed by atoms with Crippen molar-refractivity contribution in [3.8, 4) is 6.07 Å². The number of fused-ring (bicyclic) bond motifs is 2. The fourth-order valence-electron chi connectivity index (χ4n) is 4.11. The first-order valence-corrected chi connectivity index (χ1v) is 10.4. The van der Waals surface area contributed by atoms with E-state index in [1.54, 1.807) is 30.3 Å². The minimum atomic E-state index is -1.08. The van der Waals surface area contributed by atoms with Crippen molar-refractivity contribution >= 4 is 28.4 Å². The summed E-state index contributed by atoms with van der Waals surface area (Å²) in [7, 11) is 0. The average Bonchev–Trinajstić information content (AvgIpc) is 3.38. The molecule has 2 N–H and O–H groups in total. The van der Waals surface area contributed by atoms with Gasteiger partial charge in [-0.3, -0.25) is 14.5 Å². The molecule has 7 heteroatoms. The summed E-state index contributed by atoms with van der Waals surface area (Å²) in [5, 5.41) is 21.3. The lowest BCUT2D eigenvalue weighted by molar-refractivity contribution is 0.0576.